The van der Waals surface area contributed by atoms with Gasteiger partial charge in [0.2, 0.25) is 5.91 Å². The van der Waals surface area contributed by atoms with Crippen LogP contribution in [0.4, 0.5) is 10.5 Å². The SMILES string of the molecule is CC(=O)NC[C@H]1CN(c2ccc3c(c2)CNCCC3)C(=O)O1. The molecule has 1 saturated heterocycles. The van der Waals surface area contributed by atoms with Crippen molar-refractivity contribution in [2.24, 2.45) is 0 Å². The van der Waals surface area contributed by atoms with Crippen molar-refractivity contribution >= 4 is 17.7 Å². The molecule has 2 amide bonds. The Labute approximate surface area is 129 Å². The maximum absolute atomic E-state index is 12.0. The highest BCUT2D eigenvalue weighted by molar-refractivity contribution is 5.90. The van der Waals surface area contributed by atoms with Crippen molar-refractivity contribution in [2.75, 3.05) is 24.5 Å². The Morgan fingerprint density at radius 1 is 1.45 bits per heavy atom. The van der Waals surface area contributed by atoms with Gasteiger partial charge in [0, 0.05) is 19.2 Å². The van der Waals surface area contributed by atoms with E-state index < -0.39 is 0 Å². The topological polar surface area (TPSA) is 70.7 Å². The minimum atomic E-state index is -0.350. The summed E-state index contributed by atoms with van der Waals surface area (Å²) >= 11 is 0. The van der Waals surface area contributed by atoms with Crippen molar-refractivity contribution in [3.8, 4) is 0 Å². The molecule has 22 heavy (non-hydrogen) atoms. The molecule has 2 aliphatic rings. The first-order valence-electron chi connectivity index (χ1n) is 7.68. The lowest BCUT2D eigenvalue weighted by Crippen LogP contribution is -2.33. The maximum Gasteiger partial charge on any atom is 0.414 e. The monoisotopic (exact) mass is 303 g/mol. The van der Waals surface area contributed by atoms with E-state index in [9.17, 15) is 9.59 Å². The van der Waals surface area contributed by atoms with Crippen LogP contribution in [0, 0.1) is 0 Å². The number of carbonyl (C=O) groups is 2. The smallest absolute Gasteiger partial charge is 0.414 e. The van der Waals surface area contributed by atoms with Gasteiger partial charge in [0.05, 0.1) is 13.1 Å². The predicted molar refractivity (Wildman–Crippen MR) is 82.8 cm³/mol. The van der Waals surface area contributed by atoms with E-state index in [1.165, 1.54) is 18.1 Å². The molecule has 0 saturated carbocycles. The lowest BCUT2D eigenvalue weighted by molar-refractivity contribution is -0.119. The number of rotatable bonds is 3. The molecule has 0 spiro atoms. The summed E-state index contributed by atoms with van der Waals surface area (Å²) < 4.78 is 5.30. The van der Waals surface area contributed by atoms with Crippen molar-refractivity contribution in [1.82, 2.24) is 10.6 Å². The second kappa shape index (κ2) is 6.36. The van der Waals surface area contributed by atoms with Crippen molar-refractivity contribution in [3.63, 3.8) is 0 Å². The zero-order valence-electron chi connectivity index (χ0n) is 12.7. The number of hydrogen-bond donors (Lipinski definition) is 2. The van der Waals surface area contributed by atoms with Crippen LogP contribution in [-0.2, 0) is 22.5 Å². The molecule has 2 aliphatic heterocycles. The third kappa shape index (κ3) is 3.22. The number of cyclic esters (lactones) is 1. The van der Waals surface area contributed by atoms with Gasteiger partial charge in [0.15, 0.2) is 0 Å². The van der Waals surface area contributed by atoms with E-state index in [1.54, 1.807) is 4.90 Å². The Morgan fingerprint density at radius 2 is 2.32 bits per heavy atom. The fraction of sp³-hybridized carbons (Fsp3) is 0.500. The molecule has 6 nitrogen and oxygen atoms in total. The van der Waals surface area contributed by atoms with E-state index in [0.717, 1.165) is 31.6 Å². The molecule has 0 aromatic heterocycles. The summed E-state index contributed by atoms with van der Waals surface area (Å²) in [5.74, 6) is -0.120. The number of fused-ring (bicyclic) bond motifs is 1. The molecule has 2 N–H and O–H groups in total. The lowest BCUT2D eigenvalue weighted by atomic mass is 10.0. The molecule has 118 valence electrons. The number of carbonyl (C=O) groups excluding carboxylic acids is 2. The number of benzene rings is 1. The summed E-state index contributed by atoms with van der Waals surface area (Å²) in [6.07, 6.45) is 1.56. The third-order valence-corrected chi connectivity index (χ3v) is 4.07. The first kappa shape index (κ1) is 14.8. The van der Waals surface area contributed by atoms with Crippen molar-refractivity contribution in [1.29, 1.82) is 0 Å². The number of ether oxygens (including phenoxy) is 1. The highest BCUT2D eigenvalue weighted by atomic mass is 16.6. The van der Waals surface area contributed by atoms with Crippen molar-refractivity contribution < 1.29 is 14.3 Å². The van der Waals surface area contributed by atoms with Crippen LogP contribution in [0.1, 0.15) is 24.5 Å². The van der Waals surface area contributed by atoms with E-state index in [2.05, 4.69) is 22.8 Å². The molecule has 3 rings (SSSR count). The van der Waals surface area contributed by atoms with Crippen LogP contribution in [-0.4, -0.2) is 37.7 Å². The Morgan fingerprint density at radius 3 is 3.14 bits per heavy atom. The van der Waals surface area contributed by atoms with E-state index in [-0.39, 0.29) is 18.1 Å². The summed E-state index contributed by atoms with van der Waals surface area (Å²) in [5.41, 5.74) is 3.45. The number of aryl methyl sites for hydroxylation is 1. The van der Waals surface area contributed by atoms with Crippen LogP contribution in [0.15, 0.2) is 18.2 Å². The molecule has 0 unspecified atom stereocenters. The molecule has 1 fully saturated rings. The van der Waals surface area contributed by atoms with Crippen LogP contribution in [0.5, 0.6) is 0 Å². The first-order chi connectivity index (χ1) is 10.6. The van der Waals surface area contributed by atoms with Gasteiger partial charge in [0.25, 0.3) is 0 Å². The molecule has 0 aliphatic carbocycles. The van der Waals surface area contributed by atoms with E-state index in [4.69, 9.17) is 4.74 Å². The molecule has 0 bridgehead atoms. The van der Waals surface area contributed by atoms with Crippen LogP contribution in [0.3, 0.4) is 0 Å². The lowest BCUT2D eigenvalue weighted by Gasteiger charge is -2.16. The minimum Gasteiger partial charge on any atom is -0.442 e. The molecule has 1 atom stereocenters. The van der Waals surface area contributed by atoms with Gasteiger partial charge < -0.3 is 15.4 Å². The number of hydrogen-bond acceptors (Lipinski definition) is 4. The van der Waals surface area contributed by atoms with Crippen molar-refractivity contribution in [2.45, 2.75) is 32.4 Å². The van der Waals surface area contributed by atoms with Gasteiger partial charge in [-0.15, -0.1) is 0 Å². The van der Waals surface area contributed by atoms with Gasteiger partial charge >= 0.3 is 6.09 Å². The molecule has 1 aromatic rings. The van der Waals surface area contributed by atoms with Crippen LogP contribution in [0.2, 0.25) is 0 Å². The largest absolute Gasteiger partial charge is 0.442 e. The summed E-state index contributed by atoms with van der Waals surface area (Å²) in [6.45, 7) is 4.12. The molecular weight excluding hydrogens is 282 g/mol. The Kier molecular flexibility index (Phi) is 4.29. The fourth-order valence-electron chi connectivity index (χ4n) is 2.91. The quantitative estimate of drug-likeness (QED) is 0.880. The average Bonchev–Trinajstić information content (AvgIpc) is 2.71. The molecule has 0 radical (unpaired) electrons. The Hall–Kier alpha value is -2.08. The fourth-order valence-corrected chi connectivity index (χ4v) is 2.91. The number of anilines is 1. The van der Waals surface area contributed by atoms with Gasteiger partial charge in [-0.2, -0.15) is 0 Å². The third-order valence-electron chi connectivity index (χ3n) is 4.07. The highest BCUT2D eigenvalue weighted by Crippen LogP contribution is 2.26. The van der Waals surface area contributed by atoms with Crippen LogP contribution < -0.4 is 15.5 Å². The standard InChI is InChI=1S/C16H21N3O3/c1-11(20)18-9-15-10-19(16(21)22-15)14-5-4-12-3-2-6-17-8-13(12)7-14/h4-5,7,15,17H,2-3,6,8-10H2,1H3,(H,18,20)/t15-/m0/s1. The molecule has 2 heterocycles. The van der Waals surface area contributed by atoms with Gasteiger partial charge in [-0.05, 0) is 42.6 Å². The predicted octanol–water partition coefficient (Wildman–Crippen LogP) is 1.18. The van der Waals surface area contributed by atoms with Gasteiger partial charge in [-0.3, -0.25) is 9.69 Å². The Bertz CT molecular complexity index is 588. The van der Waals surface area contributed by atoms with Gasteiger partial charge in [-0.25, -0.2) is 4.79 Å². The van der Waals surface area contributed by atoms with E-state index in [1.807, 2.05) is 6.07 Å². The van der Waals surface area contributed by atoms with Gasteiger partial charge in [-0.1, -0.05) is 6.07 Å². The maximum atomic E-state index is 12.0. The van der Waals surface area contributed by atoms with Crippen molar-refractivity contribution in [3.05, 3.63) is 29.3 Å². The number of nitrogens with zero attached hydrogens (tertiary/aromatic N) is 1. The molecule has 1 aromatic carbocycles. The summed E-state index contributed by atoms with van der Waals surface area (Å²) in [7, 11) is 0. The van der Waals surface area contributed by atoms with Crippen LogP contribution in [0.25, 0.3) is 0 Å². The normalized spacial score (nSPS) is 21.0. The van der Waals surface area contributed by atoms with E-state index >= 15 is 0 Å². The Balaban J connectivity index is 1.72. The second-order valence-electron chi connectivity index (χ2n) is 5.79. The number of amides is 2. The zero-order valence-corrected chi connectivity index (χ0v) is 12.7. The van der Waals surface area contributed by atoms with E-state index in [0.29, 0.717) is 13.1 Å². The minimum absolute atomic E-state index is 0.120. The summed E-state index contributed by atoms with van der Waals surface area (Å²) in [4.78, 5) is 24.6. The zero-order chi connectivity index (χ0) is 15.5. The highest BCUT2D eigenvalue weighted by Gasteiger charge is 2.32. The molecule has 6 heteroatoms. The summed E-state index contributed by atoms with van der Waals surface area (Å²) in [6, 6.07) is 6.15. The second-order valence-corrected chi connectivity index (χ2v) is 5.79. The molecular formula is C16H21N3O3. The summed E-state index contributed by atoms with van der Waals surface area (Å²) in [5, 5.41) is 6.08. The van der Waals surface area contributed by atoms with Gasteiger partial charge in [0.1, 0.15) is 6.10 Å². The van der Waals surface area contributed by atoms with Crippen LogP contribution >= 0.6 is 0 Å². The first-order valence-corrected chi connectivity index (χ1v) is 7.68. The number of nitrogens with one attached hydrogen (secondary N) is 2. The average molecular weight is 303 g/mol.